The van der Waals surface area contributed by atoms with E-state index in [0.717, 1.165) is 55.7 Å². The Morgan fingerprint density at radius 1 is 1.29 bits per heavy atom. The largest absolute Gasteiger partial charge is 0.344 e. The average molecular weight is 326 g/mol. The number of aromatic nitrogens is 2. The summed E-state index contributed by atoms with van der Waals surface area (Å²) in [5.74, 6) is 0.226. The van der Waals surface area contributed by atoms with Crippen molar-refractivity contribution in [3.05, 3.63) is 42.1 Å². The maximum atomic E-state index is 12.4. The summed E-state index contributed by atoms with van der Waals surface area (Å²) in [7, 11) is 1.90. The SMILES string of the molecule is CN(CCCc1cc(-c2ccccc2)n[nH]1)C(=O)C1CCCCN1. The van der Waals surface area contributed by atoms with Crippen LogP contribution in [0.5, 0.6) is 0 Å². The smallest absolute Gasteiger partial charge is 0.239 e. The highest BCUT2D eigenvalue weighted by atomic mass is 16.2. The van der Waals surface area contributed by atoms with Gasteiger partial charge in [0.05, 0.1) is 11.7 Å². The van der Waals surface area contributed by atoms with Gasteiger partial charge in [-0.25, -0.2) is 0 Å². The summed E-state index contributed by atoms with van der Waals surface area (Å²) in [4.78, 5) is 14.2. The highest BCUT2D eigenvalue weighted by Crippen LogP contribution is 2.17. The lowest BCUT2D eigenvalue weighted by Crippen LogP contribution is -2.47. The van der Waals surface area contributed by atoms with Gasteiger partial charge < -0.3 is 10.2 Å². The van der Waals surface area contributed by atoms with E-state index in [1.165, 1.54) is 6.42 Å². The number of carbonyl (C=O) groups is 1. The zero-order chi connectivity index (χ0) is 16.8. The molecule has 1 aliphatic heterocycles. The van der Waals surface area contributed by atoms with Gasteiger partial charge in [-0.05, 0) is 38.3 Å². The molecular formula is C19H26N4O. The third kappa shape index (κ3) is 4.23. The molecule has 2 N–H and O–H groups in total. The lowest BCUT2D eigenvalue weighted by atomic mass is 10.0. The minimum atomic E-state index is 0.0144. The van der Waals surface area contributed by atoms with E-state index in [0.29, 0.717) is 0 Å². The molecule has 5 nitrogen and oxygen atoms in total. The summed E-state index contributed by atoms with van der Waals surface area (Å²) in [5.41, 5.74) is 3.21. The van der Waals surface area contributed by atoms with E-state index in [4.69, 9.17) is 0 Å². The van der Waals surface area contributed by atoms with Crippen LogP contribution in [-0.4, -0.2) is 47.2 Å². The minimum absolute atomic E-state index is 0.0144. The maximum absolute atomic E-state index is 12.4. The first-order valence-corrected chi connectivity index (χ1v) is 8.82. The van der Waals surface area contributed by atoms with Crippen LogP contribution >= 0.6 is 0 Å². The van der Waals surface area contributed by atoms with E-state index in [2.05, 4.69) is 33.7 Å². The van der Waals surface area contributed by atoms with E-state index in [1.807, 2.05) is 30.1 Å². The van der Waals surface area contributed by atoms with Crippen LogP contribution in [-0.2, 0) is 11.2 Å². The molecule has 1 fully saturated rings. The number of aryl methyl sites for hydroxylation is 1. The number of H-pyrrole nitrogens is 1. The number of amides is 1. The van der Waals surface area contributed by atoms with Crippen LogP contribution in [0.25, 0.3) is 11.3 Å². The molecule has 0 radical (unpaired) electrons. The molecule has 1 aromatic heterocycles. The molecule has 24 heavy (non-hydrogen) atoms. The summed E-state index contributed by atoms with van der Waals surface area (Å²) in [6.07, 6.45) is 5.12. The first-order valence-electron chi connectivity index (χ1n) is 8.82. The zero-order valence-corrected chi connectivity index (χ0v) is 14.3. The normalized spacial score (nSPS) is 17.6. The third-order valence-corrected chi connectivity index (χ3v) is 4.62. The fraction of sp³-hybridized carbons (Fsp3) is 0.474. The van der Waals surface area contributed by atoms with Crippen LogP contribution in [0.2, 0.25) is 0 Å². The fourth-order valence-electron chi connectivity index (χ4n) is 3.19. The lowest BCUT2D eigenvalue weighted by molar-refractivity contribution is -0.132. The molecule has 2 aromatic rings. The Morgan fingerprint density at radius 2 is 2.12 bits per heavy atom. The van der Waals surface area contributed by atoms with Crippen molar-refractivity contribution in [2.75, 3.05) is 20.1 Å². The standard InChI is InChI=1S/C19H26N4O/c1-23(19(24)17-11-5-6-12-20-17)13-7-10-16-14-18(22-21-16)15-8-3-2-4-9-15/h2-4,8-9,14,17,20H,5-7,10-13H2,1H3,(H,21,22). The van der Waals surface area contributed by atoms with Crippen LogP contribution in [0.15, 0.2) is 36.4 Å². The number of nitrogens with one attached hydrogen (secondary N) is 2. The van der Waals surface area contributed by atoms with E-state index in [9.17, 15) is 4.79 Å². The van der Waals surface area contributed by atoms with Crippen molar-refractivity contribution in [2.45, 2.75) is 38.1 Å². The van der Waals surface area contributed by atoms with E-state index in [-0.39, 0.29) is 11.9 Å². The van der Waals surface area contributed by atoms with Crippen molar-refractivity contribution in [3.63, 3.8) is 0 Å². The Hall–Kier alpha value is -2.14. The number of aromatic amines is 1. The monoisotopic (exact) mass is 326 g/mol. The molecule has 0 saturated carbocycles. The molecule has 1 unspecified atom stereocenters. The van der Waals surface area contributed by atoms with Gasteiger partial charge in [0.15, 0.2) is 0 Å². The molecular weight excluding hydrogens is 300 g/mol. The van der Waals surface area contributed by atoms with Crippen LogP contribution in [0.4, 0.5) is 0 Å². The van der Waals surface area contributed by atoms with Crippen molar-refractivity contribution < 1.29 is 4.79 Å². The topological polar surface area (TPSA) is 61.0 Å². The summed E-state index contributed by atoms with van der Waals surface area (Å²) in [6, 6.07) is 12.3. The Labute approximate surface area is 143 Å². The van der Waals surface area contributed by atoms with Gasteiger partial charge in [-0.3, -0.25) is 9.89 Å². The second-order valence-electron chi connectivity index (χ2n) is 6.51. The van der Waals surface area contributed by atoms with Gasteiger partial charge >= 0.3 is 0 Å². The van der Waals surface area contributed by atoms with E-state index in [1.54, 1.807) is 0 Å². The number of rotatable bonds is 6. The van der Waals surface area contributed by atoms with E-state index >= 15 is 0 Å². The van der Waals surface area contributed by atoms with Crippen LogP contribution < -0.4 is 5.32 Å². The molecule has 1 aliphatic rings. The molecule has 1 atom stereocenters. The Kier molecular flexibility index (Phi) is 5.64. The van der Waals surface area contributed by atoms with Crippen molar-refractivity contribution >= 4 is 5.91 Å². The van der Waals surface area contributed by atoms with E-state index < -0.39 is 0 Å². The molecule has 0 aliphatic carbocycles. The predicted molar refractivity (Wildman–Crippen MR) is 95.6 cm³/mol. The number of likely N-dealkylation sites (N-methyl/N-ethyl adjacent to an activating group) is 1. The minimum Gasteiger partial charge on any atom is -0.344 e. The second kappa shape index (κ2) is 8.11. The van der Waals surface area contributed by atoms with Gasteiger partial charge in [-0.2, -0.15) is 5.10 Å². The molecule has 1 aromatic carbocycles. The molecule has 1 amide bonds. The first-order chi connectivity index (χ1) is 11.7. The Bertz CT molecular complexity index is 646. The van der Waals surface area contributed by atoms with Crippen LogP contribution in [0, 0.1) is 0 Å². The average Bonchev–Trinajstić information content (AvgIpc) is 3.11. The highest BCUT2D eigenvalue weighted by molar-refractivity contribution is 5.81. The summed E-state index contributed by atoms with van der Waals surface area (Å²) < 4.78 is 0. The number of hydrogen-bond donors (Lipinski definition) is 2. The van der Waals surface area contributed by atoms with Gasteiger partial charge in [0.25, 0.3) is 0 Å². The zero-order valence-electron chi connectivity index (χ0n) is 14.3. The summed E-state index contributed by atoms with van der Waals surface area (Å²) >= 11 is 0. The summed E-state index contributed by atoms with van der Waals surface area (Å²) in [6.45, 7) is 1.73. The van der Waals surface area contributed by atoms with Crippen molar-refractivity contribution in [2.24, 2.45) is 0 Å². The molecule has 0 spiro atoms. The fourth-order valence-corrected chi connectivity index (χ4v) is 3.19. The number of carbonyl (C=O) groups excluding carboxylic acids is 1. The van der Waals surface area contributed by atoms with Crippen LogP contribution in [0.3, 0.4) is 0 Å². The number of nitrogens with zero attached hydrogens (tertiary/aromatic N) is 2. The number of piperidine rings is 1. The van der Waals surface area contributed by atoms with Gasteiger partial charge in [0.1, 0.15) is 0 Å². The van der Waals surface area contributed by atoms with Crippen molar-refractivity contribution in [1.29, 1.82) is 0 Å². The lowest BCUT2D eigenvalue weighted by Gasteiger charge is -2.27. The molecule has 0 bridgehead atoms. The second-order valence-corrected chi connectivity index (χ2v) is 6.51. The maximum Gasteiger partial charge on any atom is 0.239 e. The Morgan fingerprint density at radius 3 is 2.88 bits per heavy atom. The molecule has 1 saturated heterocycles. The first kappa shape index (κ1) is 16.7. The van der Waals surface area contributed by atoms with Gasteiger partial charge in [-0.15, -0.1) is 0 Å². The number of benzene rings is 1. The molecule has 2 heterocycles. The number of hydrogen-bond acceptors (Lipinski definition) is 3. The molecule has 3 rings (SSSR count). The predicted octanol–water partition coefficient (Wildman–Crippen LogP) is 2.61. The van der Waals surface area contributed by atoms with Crippen molar-refractivity contribution in [1.82, 2.24) is 20.4 Å². The van der Waals surface area contributed by atoms with Gasteiger partial charge in [-0.1, -0.05) is 36.8 Å². The highest BCUT2D eigenvalue weighted by Gasteiger charge is 2.23. The van der Waals surface area contributed by atoms with Crippen LogP contribution in [0.1, 0.15) is 31.4 Å². The molecule has 128 valence electrons. The third-order valence-electron chi connectivity index (χ3n) is 4.62. The van der Waals surface area contributed by atoms with Gasteiger partial charge in [0.2, 0.25) is 5.91 Å². The van der Waals surface area contributed by atoms with Gasteiger partial charge in [0, 0.05) is 24.8 Å². The quantitative estimate of drug-likeness (QED) is 0.858. The Balaban J connectivity index is 1.46. The molecule has 5 heteroatoms. The summed E-state index contributed by atoms with van der Waals surface area (Å²) in [5, 5.41) is 10.8. The van der Waals surface area contributed by atoms with Crippen molar-refractivity contribution in [3.8, 4) is 11.3 Å².